The molecule has 0 saturated heterocycles. The van der Waals surface area contributed by atoms with Gasteiger partial charge in [0.2, 0.25) is 0 Å². The number of imidazole rings is 1. The van der Waals surface area contributed by atoms with E-state index in [-0.39, 0.29) is 5.91 Å². The third-order valence-corrected chi connectivity index (χ3v) is 4.02. The number of carbonyl (C=O) groups is 1. The highest BCUT2D eigenvalue weighted by Gasteiger charge is 2.08. The average Bonchev–Trinajstić information content (AvgIpc) is 2.94. The second kappa shape index (κ2) is 6.65. The molecule has 2 aromatic carbocycles. The Morgan fingerprint density at radius 2 is 2.00 bits per heavy atom. The van der Waals surface area contributed by atoms with E-state index in [0.29, 0.717) is 6.54 Å². The van der Waals surface area contributed by atoms with Crippen LogP contribution in [0.2, 0.25) is 0 Å². The maximum atomic E-state index is 12.2. The molecule has 0 saturated carbocycles. The zero-order valence-electron chi connectivity index (χ0n) is 13.5. The Balaban J connectivity index is 1.54. The molecule has 0 fully saturated rings. The zero-order chi connectivity index (χ0) is 16.2. The van der Waals surface area contributed by atoms with E-state index in [0.717, 1.165) is 35.1 Å². The summed E-state index contributed by atoms with van der Waals surface area (Å²) in [4.78, 5) is 16.6. The molecule has 0 aliphatic carbocycles. The standard InChI is InChI=1S/C19H21N3O/c1-14-8-9-16(15(2)12-14)19(23)20-10-5-11-22-13-21-17-6-3-4-7-18(17)22/h3-4,6-9,12-13H,5,10-11H2,1-2H3,(H,20,23). The van der Waals surface area contributed by atoms with Gasteiger partial charge in [-0.2, -0.15) is 0 Å². The van der Waals surface area contributed by atoms with Gasteiger partial charge in [-0.3, -0.25) is 4.79 Å². The fourth-order valence-corrected chi connectivity index (χ4v) is 2.80. The maximum Gasteiger partial charge on any atom is 0.251 e. The summed E-state index contributed by atoms with van der Waals surface area (Å²) in [7, 11) is 0. The number of rotatable bonds is 5. The number of nitrogens with zero attached hydrogens (tertiary/aromatic N) is 2. The number of hydrogen-bond acceptors (Lipinski definition) is 2. The largest absolute Gasteiger partial charge is 0.352 e. The average molecular weight is 307 g/mol. The number of para-hydroxylation sites is 2. The van der Waals surface area contributed by atoms with E-state index in [1.165, 1.54) is 5.56 Å². The van der Waals surface area contributed by atoms with E-state index in [1.807, 2.05) is 56.6 Å². The number of nitrogens with one attached hydrogen (secondary N) is 1. The Morgan fingerprint density at radius 1 is 1.17 bits per heavy atom. The van der Waals surface area contributed by atoms with Crippen molar-refractivity contribution in [2.45, 2.75) is 26.8 Å². The van der Waals surface area contributed by atoms with Crippen molar-refractivity contribution in [1.29, 1.82) is 0 Å². The van der Waals surface area contributed by atoms with Gasteiger partial charge >= 0.3 is 0 Å². The summed E-state index contributed by atoms with van der Waals surface area (Å²) in [6.07, 6.45) is 2.73. The second-order valence-electron chi connectivity index (χ2n) is 5.85. The number of fused-ring (bicyclic) bond motifs is 1. The number of carbonyl (C=O) groups excluding carboxylic acids is 1. The molecule has 3 aromatic rings. The molecule has 0 radical (unpaired) electrons. The van der Waals surface area contributed by atoms with Crippen LogP contribution in [0.15, 0.2) is 48.8 Å². The molecule has 3 rings (SSSR count). The summed E-state index contributed by atoms with van der Waals surface area (Å²) in [5.41, 5.74) is 5.08. The normalized spacial score (nSPS) is 10.9. The van der Waals surface area contributed by atoms with E-state index in [2.05, 4.69) is 20.9 Å². The lowest BCUT2D eigenvalue weighted by molar-refractivity contribution is 0.0952. The van der Waals surface area contributed by atoms with E-state index in [1.54, 1.807) is 0 Å². The van der Waals surface area contributed by atoms with Crippen LogP contribution in [0.5, 0.6) is 0 Å². The second-order valence-corrected chi connectivity index (χ2v) is 5.85. The Kier molecular flexibility index (Phi) is 4.42. The van der Waals surface area contributed by atoms with Crippen molar-refractivity contribution < 1.29 is 4.79 Å². The van der Waals surface area contributed by atoms with Crippen molar-refractivity contribution in [1.82, 2.24) is 14.9 Å². The lowest BCUT2D eigenvalue weighted by Crippen LogP contribution is -2.25. The smallest absolute Gasteiger partial charge is 0.251 e. The zero-order valence-corrected chi connectivity index (χ0v) is 13.5. The lowest BCUT2D eigenvalue weighted by atomic mass is 10.1. The third-order valence-electron chi connectivity index (χ3n) is 4.02. The van der Waals surface area contributed by atoms with Gasteiger partial charge in [0.1, 0.15) is 0 Å². The van der Waals surface area contributed by atoms with Crippen LogP contribution in [0.25, 0.3) is 11.0 Å². The maximum absolute atomic E-state index is 12.2. The Bertz CT molecular complexity index is 836. The first-order valence-electron chi connectivity index (χ1n) is 7.90. The van der Waals surface area contributed by atoms with Crippen LogP contribution in [0.4, 0.5) is 0 Å². The predicted molar refractivity (Wildman–Crippen MR) is 92.6 cm³/mol. The van der Waals surface area contributed by atoms with Gasteiger partial charge in [-0.15, -0.1) is 0 Å². The van der Waals surface area contributed by atoms with Gasteiger partial charge in [-0.1, -0.05) is 29.8 Å². The molecule has 118 valence electrons. The van der Waals surface area contributed by atoms with E-state index >= 15 is 0 Å². The van der Waals surface area contributed by atoms with Gasteiger partial charge < -0.3 is 9.88 Å². The molecule has 0 unspecified atom stereocenters. The van der Waals surface area contributed by atoms with Crippen LogP contribution in [-0.4, -0.2) is 22.0 Å². The topological polar surface area (TPSA) is 46.9 Å². The number of amides is 1. The summed E-state index contributed by atoms with van der Waals surface area (Å²) in [6.45, 7) is 5.50. The number of aryl methyl sites for hydroxylation is 3. The van der Waals surface area contributed by atoms with Crippen LogP contribution >= 0.6 is 0 Å². The van der Waals surface area contributed by atoms with Crippen molar-refractivity contribution in [2.24, 2.45) is 0 Å². The quantitative estimate of drug-likeness (QED) is 0.734. The van der Waals surface area contributed by atoms with Gasteiger partial charge in [0.15, 0.2) is 0 Å². The fraction of sp³-hybridized carbons (Fsp3) is 0.263. The number of aromatic nitrogens is 2. The van der Waals surface area contributed by atoms with Gasteiger partial charge in [0.25, 0.3) is 5.91 Å². The van der Waals surface area contributed by atoms with Crippen LogP contribution in [0.3, 0.4) is 0 Å². The molecule has 0 bridgehead atoms. The third kappa shape index (κ3) is 3.42. The van der Waals surface area contributed by atoms with Crippen molar-refractivity contribution >= 4 is 16.9 Å². The van der Waals surface area contributed by atoms with Crippen molar-refractivity contribution in [3.63, 3.8) is 0 Å². The Morgan fingerprint density at radius 3 is 2.83 bits per heavy atom. The first-order valence-corrected chi connectivity index (χ1v) is 7.90. The van der Waals surface area contributed by atoms with Crippen LogP contribution < -0.4 is 5.32 Å². The molecule has 0 aliphatic heterocycles. The van der Waals surface area contributed by atoms with E-state index in [4.69, 9.17) is 0 Å². The summed E-state index contributed by atoms with van der Waals surface area (Å²) >= 11 is 0. The molecule has 0 atom stereocenters. The number of hydrogen-bond donors (Lipinski definition) is 1. The monoisotopic (exact) mass is 307 g/mol. The summed E-state index contributed by atoms with van der Waals surface area (Å²) < 4.78 is 2.12. The molecule has 23 heavy (non-hydrogen) atoms. The van der Waals surface area contributed by atoms with Gasteiger partial charge in [-0.25, -0.2) is 4.98 Å². The molecular formula is C19H21N3O. The Labute approximate surface area is 136 Å². The van der Waals surface area contributed by atoms with E-state index < -0.39 is 0 Å². The predicted octanol–water partition coefficient (Wildman–Crippen LogP) is 3.47. The minimum atomic E-state index is -0.00186. The Hall–Kier alpha value is -2.62. The fourth-order valence-electron chi connectivity index (χ4n) is 2.80. The van der Waals surface area contributed by atoms with Gasteiger partial charge in [0, 0.05) is 18.7 Å². The highest BCUT2D eigenvalue weighted by molar-refractivity contribution is 5.95. The molecular weight excluding hydrogens is 286 g/mol. The highest BCUT2D eigenvalue weighted by Crippen LogP contribution is 2.12. The number of benzene rings is 2. The minimum Gasteiger partial charge on any atom is -0.352 e. The van der Waals surface area contributed by atoms with E-state index in [9.17, 15) is 4.79 Å². The SMILES string of the molecule is Cc1ccc(C(=O)NCCCn2cnc3ccccc32)c(C)c1. The summed E-state index contributed by atoms with van der Waals surface area (Å²) in [5, 5.41) is 3.00. The van der Waals surface area contributed by atoms with Crippen molar-refractivity contribution in [3.05, 3.63) is 65.5 Å². The molecule has 4 heteroatoms. The van der Waals surface area contributed by atoms with Crippen LogP contribution in [0.1, 0.15) is 27.9 Å². The lowest BCUT2D eigenvalue weighted by Gasteiger charge is -2.09. The van der Waals surface area contributed by atoms with Crippen molar-refractivity contribution in [2.75, 3.05) is 6.54 Å². The molecule has 0 spiro atoms. The first kappa shape index (κ1) is 15.3. The molecule has 1 heterocycles. The molecule has 1 amide bonds. The van der Waals surface area contributed by atoms with Crippen molar-refractivity contribution in [3.8, 4) is 0 Å². The van der Waals surface area contributed by atoms with Crippen LogP contribution in [0, 0.1) is 13.8 Å². The molecule has 0 aliphatic rings. The highest BCUT2D eigenvalue weighted by atomic mass is 16.1. The van der Waals surface area contributed by atoms with Gasteiger partial charge in [0.05, 0.1) is 17.4 Å². The minimum absolute atomic E-state index is 0.00186. The molecule has 1 N–H and O–H groups in total. The summed E-state index contributed by atoms with van der Waals surface area (Å²) in [6, 6.07) is 14.0. The molecule has 4 nitrogen and oxygen atoms in total. The first-order chi connectivity index (χ1) is 11.1. The van der Waals surface area contributed by atoms with Gasteiger partial charge in [-0.05, 0) is 44.0 Å². The molecule has 1 aromatic heterocycles. The van der Waals surface area contributed by atoms with Crippen LogP contribution in [-0.2, 0) is 6.54 Å². The summed E-state index contributed by atoms with van der Waals surface area (Å²) in [5.74, 6) is -0.00186.